The minimum atomic E-state index is -0.151. The molecule has 2 aromatic rings. The Labute approximate surface area is 128 Å². The second-order valence-corrected chi connectivity index (χ2v) is 6.72. The van der Waals surface area contributed by atoms with E-state index in [4.69, 9.17) is 11.6 Å². The molecule has 20 heavy (non-hydrogen) atoms. The zero-order chi connectivity index (χ0) is 14.5. The van der Waals surface area contributed by atoms with Gasteiger partial charge in [0.05, 0.1) is 4.34 Å². The quantitative estimate of drug-likeness (QED) is 0.779. The molecule has 1 heterocycles. The molecule has 0 radical (unpaired) electrons. The van der Waals surface area contributed by atoms with Gasteiger partial charge in [0.15, 0.2) is 0 Å². The molecule has 0 aliphatic rings. The van der Waals surface area contributed by atoms with Crippen LogP contribution in [0, 0.1) is 12.7 Å². The summed E-state index contributed by atoms with van der Waals surface area (Å²) in [6.07, 6.45) is 1.95. The summed E-state index contributed by atoms with van der Waals surface area (Å²) in [4.78, 5) is 1.24. The number of hydrogen-bond acceptors (Lipinski definition) is 2. The van der Waals surface area contributed by atoms with E-state index >= 15 is 0 Å². The lowest BCUT2D eigenvalue weighted by molar-refractivity contribution is 0.529. The topological polar surface area (TPSA) is 12.0 Å². The van der Waals surface area contributed by atoms with E-state index in [0.717, 1.165) is 29.3 Å². The van der Waals surface area contributed by atoms with Gasteiger partial charge >= 0.3 is 0 Å². The van der Waals surface area contributed by atoms with Crippen LogP contribution in [-0.4, -0.2) is 6.54 Å². The Kier molecular flexibility index (Phi) is 5.58. The molecule has 0 saturated carbocycles. The van der Waals surface area contributed by atoms with Gasteiger partial charge in [0.25, 0.3) is 0 Å². The first-order chi connectivity index (χ1) is 9.60. The Morgan fingerprint density at radius 2 is 2.10 bits per heavy atom. The van der Waals surface area contributed by atoms with Gasteiger partial charge in [0, 0.05) is 17.3 Å². The Morgan fingerprint density at radius 1 is 1.30 bits per heavy atom. The lowest BCUT2D eigenvalue weighted by atomic mass is 10.0. The smallest absolute Gasteiger partial charge is 0.126 e. The van der Waals surface area contributed by atoms with Gasteiger partial charge in [-0.25, -0.2) is 4.39 Å². The highest BCUT2D eigenvalue weighted by atomic mass is 35.5. The zero-order valence-corrected chi connectivity index (χ0v) is 13.3. The van der Waals surface area contributed by atoms with E-state index in [0.29, 0.717) is 5.56 Å². The van der Waals surface area contributed by atoms with Crippen molar-refractivity contribution in [1.82, 2.24) is 5.32 Å². The molecule has 1 aromatic carbocycles. The molecule has 0 fully saturated rings. The van der Waals surface area contributed by atoms with Crippen LogP contribution in [0.3, 0.4) is 0 Å². The number of halogens is 2. The highest BCUT2D eigenvalue weighted by Crippen LogP contribution is 2.27. The van der Waals surface area contributed by atoms with Gasteiger partial charge in [0.2, 0.25) is 0 Å². The molecule has 1 nitrogen and oxygen atoms in total. The zero-order valence-electron chi connectivity index (χ0n) is 11.7. The van der Waals surface area contributed by atoms with E-state index in [1.807, 2.05) is 18.2 Å². The Morgan fingerprint density at radius 3 is 2.70 bits per heavy atom. The van der Waals surface area contributed by atoms with E-state index in [-0.39, 0.29) is 11.9 Å². The third-order valence-corrected chi connectivity index (χ3v) is 4.51. The van der Waals surface area contributed by atoms with Crippen LogP contribution in [0.25, 0.3) is 0 Å². The van der Waals surface area contributed by atoms with Crippen molar-refractivity contribution >= 4 is 22.9 Å². The molecule has 1 aromatic heterocycles. The van der Waals surface area contributed by atoms with Gasteiger partial charge in [-0.1, -0.05) is 30.7 Å². The molecular formula is C16H19ClFNS. The molecular weight excluding hydrogens is 293 g/mol. The van der Waals surface area contributed by atoms with Crippen molar-refractivity contribution in [3.8, 4) is 0 Å². The summed E-state index contributed by atoms with van der Waals surface area (Å²) in [5.41, 5.74) is 1.82. The maximum atomic E-state index is 13.4. The van der Waals surface area contributed by atoms with Crippen LogP contribution in [0.2, 0.25) is 4.34 Å². The van der Waals surface area contributed by atoms with Crippen LogP contribution in [-0.2, 0) is 6.42 Å². The van der Waals surface area contributed by atoms with Crippen molar-refractivity contribution in [2.75, 3.05) is 6.54 Å². The molecule has 1 atom stereocenters. The number of hydrogen-bond donors (Lipinski definition) is 1. The molecule has 0 aliphatic heterocycles. The number of aryl methyl sites for hydroxylation is 1. The largest absolute Gasteiger partial charge is 0.310 e. The summed E-state index contributed by atoms with van der Waals surface area (Å²) >= 11 is 7.59. The van der Waals surface area contributed by atoms with Crippen molar-refractivity contribution in [1.29, 1.82) is 0 Å². The minimum Gasteiger partial charge on any atom is -0.310 e. The molecule has 0 saturated heterocycles. The van der Waals surface area contributed by atoms with E-state index in [9.17, 15) is 4.39 Å². The predicted octanol–water partition coefficient (Wildman–Crippen LogP) is 5.13. The molecule has 1 unspecified atom stereocenters. The van der Waals surface area contributed by atoms with E-state index in [1.54, 1.807) is 24.3 Å². The molecule has 2 rings (SSSR count). The van der Waals surface area contributed by atoms with E-state index in [2.05, 4.69) is 18.3 Å². The molecule has 108 valence electrons. The second kappa shape index (κ2) is 7.21. The van der Waals surface area contributed by atoms with Gasteiger partial charge in [-0.3, -0.25) is 0 Å². The highest BCUT2D eigenvalue weighted by Gasteiger charge is 2.14. The summed E-state index contributed by atoms with van der Waals surface area (Å²) < 4.78 is 14.2. The maximum absolute atomic E-state index is 13.4. The van der Waals surface area contributed by atoms with Gasteiger partial charge in [0.1, 0.15) is 5.82 Å². The normalized spacial score (nSPS) is 12.6. The third-order valence-electron chi connectivity index (χ3n) is 3.26. The van der Waals surface area contributed by atoms with Gasteiger partial charge < -0.3 is 5.32 Å². The summed E-state index contributed by atoms with van der Waals surface area (Å²) in [6, 6.07) is 9.53. The number of nitrogens with one attached hydrogen (secondary N) is 1. The fraction of sp³-hybridized carbons (Fsp3) is 0.375. The van der Waals surface area contributed by atoms with Crippen molar-refractivity contribution in [3.05, 3.63) is 56.5 Å². The summed E-state index contributed by atoms with van der Waals surface area (Å²) in [6.45, 7) is 4.89. The summed E-state index contributed by atoms with van der Waals surface area (Å²) in [5, 5.41) is 3.53. The lowest BCUT2D eigenvalue weighted by Gasteiger charge is -2.19. The van der Waals surface area contributed by atoms with Crippen molar-refractivity contribution < 1.29 is 4.39 Å². The van der Waals surface area contributed by atoms with Crippen molar-refractivity contribution in [2.24, 2.45) is 0 Å². The SMILES string of the molecule is CCCNC(Cc1ccc(Cl)s1)c1ccc(F)c(C)c1. The van der Waals surface area contributed by atoms with Crippen LogP contribution in [0.4, 0.5) is 4.39 Å². The predicted molar refractivity (Wildman–Crippen MR) is 85.2 cm³/mol. The van der Waals surface area contributed by atoms with Crippen LogP contribution in [0.1, 0.15) is 35.4 Å². The third kappa shape index (κ3) is 4.05. The summed E-state index contributed by atoms with van der Waals surface area (Å²) in [5.74, 6) is -0.151. The van der Waals surface area contributed by atoms with Crippen LogP contribution < -0.4 is 5.32 Å². The van der Waals surface area contributed by atoms with Crippen molar-refractivity contribution in [2.45, 2.75) is 32.7 Å². The lowest BCUT2D eigenvalue weighted by Crippen LogP contribution is -2.24. The first-order valence-corrected chi connectivity index (χ1v) is 8.03. The van der Waals surface area contributed by atoms with Crippen LogP contribution >= 0.6 is 22.9 Å². The van der Waals surface area contributed by atoms with Crippen LogP contribution in [0.5, 0.6) is 0 Å². The van der Waals surface area contributed by atoms with E-state index < -0.39 is 0 Å². The van der Waals surface area contributed by atoms with Crippen molar-refractivity contribution in [3.63, 3.8) is 0 Å². The fourth-order valence-corrected chi connectivity index (χ4v) is 3.31. The molecule has 1 N–H and O–H groups in total. The Balaban J connectivity index is 2.19. The molecule has 0 aliphatic carbocycles. The maximum Gasteiger partial charge on any atom is 0.126 e. The highest BCUT2D eigenvalue weighted by molar-refractivity contribution is 7.16. The monoisotopic (exact) mass is 311 g/mol. The Hall–Kier alpha value is -0.900. The Bertz CT molecular complexity index is 567. The molecule has 0 bridgehead atoms. The standard InChI is InChI=1S/C16H19ClFNS/c1-3-8-19-15(10-13-5-7-16(17)20-13)12-4-6-14(18)11(2)9-12/h4-7,9,15,19H,3,8,10H2,1-2H3. The first-order valence-electron chi connectivity index (χ1n) is 6.83. The first kappa shape index (κ1) is 15.5. The average Bonchev–Trinajstić information content (AvgIpc) is 2.83. The molecule has 0 amide bonds. The summed E-state index contributed by atoms with van der Waals surface area (Å²) in [7, 11) is 0. The second-order valence-electron chi connectivity index (χ2n) is 4.93. The van der Waals surface area contributed by atoms with Crippen LogP contribution in [0.15, 0.2) is 30.3 Å². The van der Waals surface area contributed by atoms with Gasteiger partial charge in [-0.05, 0) is 49.2 Å². The molecule has 0 spiro atoms. The fourth-order valence-electron chi connectivity index (χ4n) is 2.17. The number of thiophene rings is 1. The number of benzene rings is 1. The molecule has 4 heteroatoms. The average molecular weight is 312 g/mol. The number of rotatable bonds is 6. The van der Waals surface area contributed by atoms with Gasteiger partial charge in [-0.15, -0.1) is 11.3 Å². The van der Waals surface area contributed by atoms with E-state index in [1.165, 1.54) is 4.88 Å². The minimum absolute atomic E-state index is 0.151. The van der Waals surface area contributed by atoms with Gasteiger partial charge in [-0.2, -0.15) is 0 Å².